The van der Waals surface area contributed by atoms with Crippen LogP contribution in [0.1, 0.15) is 13.8 Å². The molecule has 2 atom stereocenters. The molecule has 1 aromatic carbocycles. The first-order valence-corrected chi connectivity index (χ1v) is 6.54. The zero-order valence-corrected chi connectivity index (χ0v) is 12.0. The Labute approximate surface area is 117 Å². The Bertz CT molecular complexity index is 506. The maximum Gasteiger partial charge on any atom is 0.237 e. The summed E-state index contributed by atoms with van der Waals surface area (Å²) in [4.78, 5) is 25.1. The molecule has 1 saturated heterocycles. The van der Waals surface area contributed by atoms with Gasteiger partial charge in [0.15, 0.2) is 0 Å². The molecular formula is C12H10BrClFNO2. The van der Waals surface area contributed by atoms with Crippen molar-refractivity contribution in [1.29, 1.82) is 0 Å². The summed E-state index contributed by atoms with van der Waals surface area (Å²) in [5.41, 5.74) is 0.212. The molecule has 1 aliphatic rings. The van der Waals surface area contributed by atoms with Crippen LogP contribution in [0, 0.1) is 17.7 Å². The molecule has 1 fully saturated rings. The average Bonchev–Trinajstić information content (AvgIpc) is 2.45. The minimum Gasteiger partial charge on any atom is -0.274 e. The van der Waals surface area contributed by atoms with E-state index < -0.39 is 17.7 Å². The number of hydrogen-bond donors (Lipinski definition) is 0. The summed E-state index contributed by atoms with van der Waals surface area (Å²) in [6, 6.07) is 2.26. The Morgan fingerprint density at radius 3 is 2.17 bits per heavy atom. The van der Waals surface area contributed by atoms with Gasteiger partial charge in [-0.3, -0.25) is 9.59 Å². The summed E-state index contributed by atoms with van der Waals surface area (Å²) < 4.78 is 13.4. The number of rotatable bonds is 1. The fraction of sp³-hybridized carbons (Fsp3) is 0.333. The van der Waals surface area contributed by atoms with E-state index in [9.17, 15) is 14.0 Å². The summed E-state index contributed by atoms with van der Waals surface area (Å²) in [5.74, 6) is -1.96. The topological polar surface area (TPSA) is 37.4 Å². The molecule has 6 heteroatoms. The second kappa shape index (κ2) is 4.63. The predicted octanol–water partition coefficient (Wildman–Crippen LogP) is 3.39. The van der Waals surface area contributed by atoms with E-state index in [1.807, 2.05) is 0 Å². The lowest BCUT2D eigenvalue weighted by Crippen LogP contribution is -2.31. The number of nitrogens with zero attached hydrogens (tertiary/aromatic N) is 1. The van der Waals surface area contributed by atoms with Crippen molar-refractivity contribution in [3.8, 4) is 0 Å². The van der Waals surface area contributed by atoms with Crippen molar-refractivity contribution in [3.05, 3.63) is 27.4 Å². The molecule has 0 aliphatic carbocycles. The lowest BCUT2D eigenvalue weighted by Gasteiger charge is -2.18. The van der Waals surface area contributed by atoms with Crippen molar-refractivity contribution >= 4 is 45.0 Å². The zero-order valence-electron chi connectivity index (χ0n) is 9.71. The van der Waals surface area contributed by atoms with Crippen LogP contribution >= 0.6 is 27.5 Å². The van der Waals surface area contributed by atoms with E-state index in [1.165, 1.54) is 6.07 Å². The van der Waals surface area contributed by atoms with E-state index in [4.69, 9.17) is 11.6 Å². The normalized spacial score (nSPS) is 23.9. The van der Waals surface area contributed by atoms with Gasteiger partial charge in [0.2, 0.25) is 11.8 Å². The van der Waals surface area contributed by atoms with Gasteiger partial charge in [0.1, 0.15) is 5.82 Å². The van der Waals surface area contributed by atoms with E-state index >= 15 is 0 Å². The van der Waals surface area contributed by atoms with Gasteiger partial charge in [0.05, 0.1) is 10.7 Å². The number of carbonyl (C=O) groups excluding carboxylic acids is 2. The van der Waals surface area contributed by atoms with Crippen LogP contribution in [0.4, 0.5) is 10.1 Å². The van der Waals surface area contributed by atoms with Crippen molar-refractivity contribution in [2.75, 3.05) is 4.90 Å². The predicted molar refractivity (Wildman–Crippen MR) is 69.9 cm³/mol. The van der Waals surface area contributed by atoms with Crippen LogP contribution in [0.25, 0.3) is 0 Å². The molecule has 0 aromatic heterocycles. The first kappa shape index (κ1) is 13.5. The highest BCUT2D eigenvalue weighted by Crippen LogP contribution is 2.40. The lowest BCUT2D eigenvalue weighted by molar-refractivity contribution is -0.122. The molecule has 18 heavy (non-hydrogen) atoms. The molecule has 0 bridgehead atoms. The van der Waals surface area contributed by atoms with Crippen molar-refractivity contribution in [2.45, 2.75) is 13.8 Å². The van der Waals surface area contributed by atoms with Gasteiger partial charge in [-0.05, 0) is 28.1 Å². The minimum absolute atomic E-state index is 0.0323. The highest BCUT2D eigenvalue weighted by atomic mass is 79.9. The first-order valence-electron chi connectivity index (χ1n) is 5.37. The van der Waals surface area contributed by atoms with Gasteiger partial charge in [-0.1, -0.05) is 25.4 Å². The van der Waals surface area contributed by atoms with Gasteiger partial charge in [-0.15, -0.1) is 0 Å². The number of carbonyl (C=O) groups is 2. The number of hydrogen-bond acceptors (Lipinski definition) is 2. The van der Waals surface area contributed by atoms with Gasteiger partial charge in [-0.25, -0.2) is 9.29 Å². The average molecular weight is 335 g/mol. The maximum absolute atomic E-state index is 13.1. The second-order valence-electron chi connectivity index (χ2n) is 4.31. The number of halogens is 3. The standard InChI is InChI=1S/C12H10BrClFNO2/c1-5-6(2)12(18)16(11(5)17)10-8(13)3-7(15)4-9(10)14/h3-6H,1-2H3. The second-order valence-corrected chi connectivity index (χ2v) is 5.57. The van der Waals surface area contributed by atoms with Crippen LogP contribution in [-0.4, -0.2) is 11.8 Å². The monoisotopic (exact) mass is 333 g/mol. The zero-order chi connectivity index (χ0) is 13.6. The fourth-order valence-electron chi connectivity index (χ4n) is 1.91. The summed E-state index contributed by atoms with van der Waals surface area (Å²) in [7, 11) is 0. The van der Waals surface area contributed by atoms with Crippen molar-refractivity contribution in [3.63, 3.8) is 0 Å². The quantitative estimate of drug-likeness (QED) is 0.738. The largest absolute Gasteiger partial charge is 0.274 e. The van der Waals surface area contributed by atoms with Crippen LogP contribution < -0.4 is 4.90 Å². The van der Waals surface area contributed by atoms with Gasteiger partial charge >= 0.3 is 0 Å². The molecule has 2 amide bonds. The summed E-state index contributed by atoms with van der Waals surface area (Å²) in [6.07, 6.45) is 0. The molecule has 3 nitrogen and oxygen atoms in total. The lowest BCUT2D eigenvalue weighted by atomic mass is 10.00. The molecule has 0 N–H and O–H groups in total. The molecule has 0 saturated carbocycles. The smallest absolute Gasteiger partial charge is 0.237 e. The minimum atomic E-state index is -0.532. The molecule has 1 heterocycles. The van der Waals surface area contributed by atoms with E-state index in [-0.39, 0.29) is 27.0 Å². The Kier molecular flexibility index (Phi) is 3.47. The van der Waals surface area contributed by atoms with Gasteiger partial charge in [0.25, 0.3) is 0 Å². The van der Waals surface area contributed by atoms with E-state index in [0.29, 0.717) is 0 Å². The van der Waals surface area contributed by atoms with Crippen LogP contribution in [0.2, 0.25) is 5.02 Å². The van der Waals surface area contributed by atoms with Crippen molar-refractivity contribution in [1.82, 2.24) is 0 Å². The van der Waals surface area contributed by atoms with Crippen molar-refractivity contribution < 1.29 is 14.0 Å². The molecule has 1 aliphatic heterocycles. The van der Waals surface area contributed by atoms with Crippen LogP contribution in [-0.2, 0) is 9.59 Å². The Morgan fingerprint density at radius 1 is 1.22 bits per heavy atom. The highest BCUT2D eigenvalue weighted by Gasteiger charge is 2.44. The van der Waals surface area contributed by atoms with Crippen LogP contribution in [0.5, 0.6) is 0 Å². The molecule has 2 unspecified atom stereocenters. The number of benzene rings is 1. The fourth-order valence-corrected chi connectivity index (χ4v) is 2.93. The Hall–Kier alpha value is -0.940. The molecule has 0 radical (unpaired) electrons. The van der Waals surface area contributed by atoms with E-state index in [2.05, 4.69) is 15.9 Å². The van der Waals surface area contributed by atoms with Gasteiger partial charge in [0, 0.05) is 16.3 Å². The summed E-state index contributed by atoms with van der Waals surface area (Å²) in [6.45, 7) is 3.38. The third-order valence-electron chi connectivity index (χ3n) is 3.18. The number of amides is 2. The Balaban J connectivity index is 2.57. The van der Waals surface area contributed by atoms with Gasteiger partial charge in [-0.2, -0.15) is 0 Å². The number of anilines is 1. The van der Waals surface area contributed by atoms with E-state index in [1.54, 1.807) is 13.8 Å². The molecule has 1 aromatic rings. The maximum atomic E-state index is 13.1. The van der Waals surface area contributed by atoms with E-state index in [0.717, 1.165) is 11.0 Å². The molecule has 2 rings (SSSR count). The molecule has 0 spiro atoms. The number of imide groups is 1. The SMILES string of the molecule is CC1C(=O)N(c2c(Cl)cc(F)cc2Br)C(=O)C1C. The Morgan fingerprint density at radius 2 is 1.72 bits per heavy atom. The summed E-state index contributed by atoms with van der Waals surface area (Å²) in [5, 5.41) is 0.0323. The molecule has 96 valence electrons. The van der Waals surface area contributed by atoms with Gasteiger partial charge < -0.3 is 0 Å². The third kappa shape index (κ3) is 1.95. The van der Waals surface area contributed by atoms with Crippen molar-refractivity contribution in [2.24, 2.45) is 11.8 Å². The van der Waals surface area contributed by atoms with Crippen LogP contribution in [0.3, 0.4) is 0 Å². The molecular weight excluding hydrogens is 324 g/mol. The highest BCUT2D eigenvalue weighted by molar-refractivity contribution is 9.10. The first-order chi connectivity index (χ1) is 8.34. The summed E-state index contributed by atoms with van der Waals surface area (Å²) >= 11 is 9.06. The van der Waals surface area contributed by atoms with Crippen LogP contribution in [0.15, 0.2) is 16.6 Å². The third-order valence-corrected chi connectivity index (χ3v) is 4.07.